The van der Waals surface area contributed by atoms with Gasteiger partial charge in [-0.3, -0.25) is 0 Å². The summed E-state index contributed by atoms with van der Waals surface area (Å²) in [6.07, 6.45) is 0.657. The Kier molecular flexibility index (Phi) is 1.06. The van der Waals surface area contributed by atoms with Crippen molar-refractivity contribution in [2.45, 2.75) is 17.6 Å². The number of sulfonamides is 1. The van der Waals surface area contributed by atoms with Gasteiger partial charge in [0.1, 0.15) is 4.75 Å². The molecule has 0 atom stereocenters. The molecule has 5 heteroatoms. The lowest BCUT2D eigenvalue weighted by Gasteiger charge is -2.07. The second kappa shape index (κ2) is 1.46. The normalized spacial score (nSPS) is 22.7. The molecule has 0 aromatic rings. The van der Waals surface area contributed by atoms with E-state index >= 15 is 0 Å². The fourth-order valence-electron chi connectivity index (χ4n) is 0.554. The highest BCUT2D eigenvalue weighted by Gasteiger charge is 2.49. The van der Waals surface area contributed by atoms with Crippen LogP contribution in [0, 0.1) is 11.3 Å². The van der Waals surface area contributed by atoms with Crippen LogP contribution in [0.15, 0.2) is 0 Å². The smallest absolute Gasteiger partial charge is 0.141 e. The lowest BCUT2D eigenvalue weighted by atomic mass is 10.5. The summed E-state index contributed by atoms with van der Waals surface area (Å²) in [6.45, 7) is 0. The molecule has 0 aliphatic heterocycles. The van der Waals surface area contributed by atoms with E-state index in [2.05, 4.69) is 0 Å². The van der Waals surface area contributed by atoms with E-state index in [1.165, 1.54) is 0 Å². The highest BCUT2D eigenvalue weighted by Crippen LogP contribution is 2.43. The molecule has 1 fully saturated rings. The van der Waals surface area contributed by atoms with Gasteiger partial charge in [-0.15, -0.1) is 0 Å². The fourth-order valence-corrected chi connectivity index (χ4v) is 1.31. The maximum absolute atomic E-state index is 10.4. The summed E-state index contributed by atoms with van der Waals surface area (Å²) in [5.74, 6) is 0. The fraction of sp³-hybridized carbons (Fsp3) is 0.750. The zero-order valence-corrected chi connectivity index (χ0v) is 5.40. The third-order valence-electron chi connectivity index (χ3n) is 1.42. The van der Waals surface area contributed by atoms with Gasteiger partial charge in [-0.2, -0.15) is 5.26 Å². The quantitative estimate of drug-likeness (QED) is 0.536. The molecule has 0 radical (unpaired) electrons. The van der Waals surface area contributed by atoms with Crippen LogP contribution in [0.5, 0.6) is 0 Å². The van der Waals surface area contributed by atoms with Gasteiger partial charge in [-0.05, 0) is 12.8 Å². The molecular formula is C4H5N2O2S-. The van der Waals surface area contributed by atoms with Gasteiger partial charge in [0.05, 0.1) is 16.1 Å². The van der Waals surface area contributed by atoms with Crippen LogP contribution in [0.4, 0.5) is 0 Å². The Morgan fingerprint density at radius 3 is 2.00 bits per heavy atom. The van der Waals surface area contributed by atoms with Crippen LogP contribution in [0.2, 0.25) is 0 Å². The summed E-state index contributed by atoms with van der Waals surface area (Å²) in [7, 11) is -3.85. The molecule has 4 nitrogen and oxygen atoms in total. The van der Waals surface area contributed by atoms with E-state index in [0.29, 0.717) is 12.8 Å². The van der Waals surface area contributed by atoms with Gasteiger partial charge in [0.15, 0.2) is 0 Å². The number of hydrogen-bond donors (Lipinski definition) is 0. The van der Waals surface area contributed by atoms with Crippen molar-refractivity contribution in [3.63, 3.8) is 0 Å². The minimum Gasteiger partial charge on any atom is -0.563 e. The lowest BCUT2D eigenvalue weighted by Crippen LogP contribution is -2.15. The van der Waals surface area contributed by atoms with E-state index in [1.807, 2.05) is 0 Å². The molecule has 1 rings (SSSR count). The van der Waals surface area contributed by atoms with Crippen LogP contribution >= 0.6 is 0 Å². The van der Waals surface area contributed by atoms with E-state index in [0.717, 1.165) is 0 Å². The molecule has 0 aromatic carbocycles. The molecule has 9 heavy (non-hydrogen) atoms. The summed E-state index contributed by atoms with van der Waals surface area (Å²) in [5.41, 5.74) is 0. The number of rotatable bonds is 1. The first-order chi connectivity index (χ1) is 4.02. The Bertz CT molecular complexity index is 257. The summed E-state index contributed by atoms with van der Waals surface area (Å²) >= 11 is 0. The van der Waals surface area contributed by atoms with Crippen molar-refractivity contribution in [1.82, 2.24) is 0 Å². The molecule has 0 bridgehead atoms. The van der Waals surface area contributed by atoms with Gasteiger partial charge >= 0.3 is 0 Å². The summed E-state index contributed by atoms with van der Waals surface area (Å²) in [6, 6.07) is 1.62. The first kappa shape index (κ1) is 6.52. The summed E-state index contributed by atoms with van der Waals surface area (Å²) in [5, 5.41) is 14.8. The van der Waals surface area contributed by atoms with Crippen molar-refractivity contribution in [3.05, 3.63) is 5.14 Å². The predicted octanol–water partition coefficient (Wildman–Crippen LogP) is 0.425. The standard InChI is InChI=1S/C4H5N2O2S/c5-3-4(1-2-4)9(6,7)8/h1-2H2,(H-,6,7,8)/q-1. The highest BCUT2D eigenvalue weighted by atomic mass is 32.2. The SMILES string of the molecule is N#CC1(S([NH-])(=O)=O)CC1. The van der Waals surface area contributed by atoms with Crippen LogP contribution in [-0.2, 0) is 10.0 Å². The molecule has 1 saturated carbocycles. The van der Waals surface area contributed by atoms with E-state index < -0.39 is 14.8 Å². The van der Waals surface area contributed by atoms with Crippen molar-refractivity contribution in [2.24, 2.45) is 0 Å². The second-order valence-corrected chi connectivity index (χ2v) is 3.90. The highest BCUT2D eigenvalue weighted by molar-refractivity contribution is 7.94. The average Bonchev–Trinajstić information content (AvgIpc) is 2.40. The van der Waals surface area contributed by atoms with Gasteiger partial charge in [0, 0.05) is 0 Å². The Labute approximate surface area is 53.3 Å². The van der Waals surface area contributed by atoms with Crippen molar-refractivity contribution in [2.75, 3.05) is 0 Å². The number of nitrogens with zero attached hydrogens (tertiary/aromatic N) is 1. The van der Waals surface area contributed by atoms with E-state index in [-0.39, 0.29) is 0 Å². The van der Waals surface area contributed by atoms with Crippen molar-refractivity contribution in [3.8, 4) is 6.07 Å². The van der Waals surface area contributed by atoms with Crippen molar-refractivity contribution < 1.29 is 8.42 Å². The number of hydrogen-bond acceptors (Lipinski definition) is 3. The number of nitrogens with one attached hydrogen (secondary N) is 1. The average molecular weight is 145 g/mol. The maximum Gasteiger partial charge on any atom is 0.141 e. The first-order valence-electron chi connectivity index (χ1n) is 2.42. The molecule has 0 amide bonds. The van der Waals surface area contributed by atoms with Crippen LogP contribution in [0.25, 0.3) is 5.14 Å². The topological polar surface area (TPSA) is 81.7 Å². The van der Waals surface area contributed by atoms with Crippen LogP contribution in [0.3, 0.4) is 0 Å². The van der Waals surface area contributed by atoms with E-state index in [4.69, 9.17) is 10.4 Å². The zero-order chi connectivity index (χ0) is 7.12. The zero-order valence-electron chi connectivity index (χ0n) is 4.59. The van der Waals surface area contributed by atoms with Gasteiger partial charge in [-0.25, -0.2) is 8.42 Å². The molecule has 1 N–H and O–H groups in total. The van der Waals surface area contributed by atoms with Crippen LogP contribution < -0.4 is 0 Å². The lowest BCUT2D eigenvalue weighted by molar-refractivity contribution is 0.597. The van der Waals surface area contributed by atoms with Crippen molar-refractivity contribution in [1.29, 1.82) is 5.26 Å². The Hall–Kier alpha value is -0.600. The monoisotopic (exact) mass is 145 g/mol. The molecule has 50 valence electrons. The first-order valence-corrected chi connectivity index (χ1v) is 3.91. The molecule has 0 spiro atoms. The van der Waals surface area contributed by atoms with Crippen LogP contribution in [0.1, 0.15) is 12.8 Å². The molecule has 0 heterocycles. The Morgan fingerprint density at radius 2 is 2.00 bits per heavy atom. The molecule has 0 saturated heterocycles. The third kappa shape index (κ3) is 0.802. The summed E-state index contributed by atoms with van der Waals surface area (Å²) in [4.78, 5) is 0. The molecule has 1 aliphatic carbocycles. The Balaban J connectivity index is 3.02. The summed E-state index contributed by atoms with van der Waals surface area (Å²) < 4.78 is 19.5. The van der Waals surface area contributed by atoms with Crippen molar-refractivity contribution >= 4 is 10.0 Å². The predicted molar refractivity (Wildman–Crippen MR) is 30.8 cm³/mol. The second-order valence-electron chi connectivity index (χ2n) is 2.11. The minimum absolute atomic E-state index is 0.329. The van der Waals surface area contributed by atoms with Crippen LogP contribution in [-0.4, -0.2) is 13.2 Å². The third-order valence-corrected chi connectivity index (χ3v) is 2.95. The molecule has 0 unspecified atom stereocenters. The van der Waals surface area contributed by atoms with E-state index in [1.54, 1.807) is 6.07 Å². The minimum atomic E-state index is -3.85. The maximum atomic E-state index is 10.4. The largest absolute Gasteiger partial charge is 0.563 e. The molecule has 1 aliphatic rings. The van der Waals surface area contributed by atoms with E-state index in [9.17, 15) is 8.42 Å². The molecular weight excluding hydrogens is 140 g/mol. The van der Waals surface area contributed by atoms with Gasteiger partial charge in [-0.1, -0.05) is 0 Å². The number of nitriles is 1. The van der Waals surface area contributed by atoms with Gasteiger partial charge < -0.3 is 5.14 Å². The Morgan fingerprint density at radius 1 is 1.56 bits per heavy atom. The van der Waals surface area contributed by atoms with Gasteiger partial charge in [0.2, 0.25) is 0 Å². The molecule has 0 aromatic heterocycles. The van der Waals surface area contributed by atoms with Gasteiger partial charge in [0.25, 0.3) is 0 Å².